The first-order valence-electron chi connectivity index (χ1n) is 10.3. The third-order valence-electron chi connectivity index (χ3n) is 5.31. The summed E-state index contributed by atoms with van der Waals surface area (Å²) in [6.45, 7) is 9.47. The minimum atomic E-state index is 0.941. The molecular weight excluding hydrogens is 252 g/mol. The summed E-state index contributed by atoms with van der Waals surface area (Å²) in [6.07, 6.45) is 21.7. The second-order valence-corrected chi connectivity index (χ2v) is 7.26. The van der Waals surface area contributed by atoms with Crippen LogP contribution in [0.4, 0.5) is 0 Å². The molecule has 0 aliphatic heterocycles. The lowest BCUT2D eigenvalue weighted by Gasteiger charge is -2.23. The molecule has 0 aromatic heterocycles. The average molecular weight is 297 g/mol. The van der Waals surface area contributed by atoms with Gasteiger partial charge in [0, 0.05) is 0 Å². The van der Waals surface area contributed by atoms with Crippen LogP contribution in [0.5, 0.6) is 0 Å². The van der Waals surface area contributed by atoms with Gasteiger partial charge in [0.05, 0.1) is 0 Å². The van der Waals surface area contributed by atoms with Crippen molar-refractivity contribution in [3.05, 3.63) is 0 Å². The number of hydrogen-bond donors (Lipinski definition) is 0. The molecule has 0 aliphatic carbocycles. The van der Waals surface area contributed by atoms with E-state index in [1.807, 2.05) is 0 Å². The molecule has 1 atom stereocenters. The molecule has 0 aliphatic rings. The quantitative estimate of drug-likeness (QED) is 0.252. The maximum atomic E-state index is 2.48. The third kappa shape index (κ3) is 13.4. The highest BCUT2D eigenvalue weighted by Crippen LogP contribution is 2.27. The molecule has 128 valence electrons. The first-order valence-corrected chi connectivity index (χ1v) is 10.3. The SMILES string of the molecule is CCCCCCCCC(CCCCCCCC)C(C)CC. The maximum absolute atomic E-state index is 2.48. The fourth-order valence-electron chi connectivity index (χ4n) is 3.42. The van der Waals surface area contributed by atoms with E-state index in [-0.39, 0.29) is 0 Å². The topological polar surface area (TPSA) is 0 Å². The number of rotatable bonds is 16. The van der Waals surface area contributed by atoms with E-state index in [2.05, 4.69) is 27.7 Å². The Morgan fingerprint density at radius 3 is 1.29 bits per heavy atom. The molecule has 0 radical (unpaired) electrons. The van der Waals surface area contributed by atoms with Gasteiger partial charge in [0.25, 0.3) is 0 Å². The van der Waals surface area contributed by atoms with E-state index in [4.69, 9.17) is 0 Å². The minimum Gasteiger partial charge on any atom is -0.0654 e. The van der Waals surface area contributed by atoms with Gasteiger partial charge in [-0.25, -0.2) is 0 Å². The van der Waals surface area contributed by atoms with Gasteiger partial charge >= 0.3 is 0 Å². The highest BCUT2D eigenvalue weighted by Gasteiger charge is 2.14. The van der Waals surface area contributed by atoms with E-state index in [9.17, 15) is 0 Å². The van der Waals surface area contributed by atoms with E-state index in [0.29, 0.717) is 0 Å². The first-order chi connectivity index (χ1) is 10.3. The van der Waals surface area contributed by atoms with Crippen LogP contribution in [0.3, 0.4) is 0 Å². The Morgan fingerprint density at radius 2 is 0.905 bits per heavy atom. The van der Waals surface area contributed by atoms with Gasteiger partial charge in [-0.2, -0.15) is 0 Å². The normalized spacial score (nSPS) is 13.0. The molecule has 0 aromatic carbocycles. The summed E-state index contributed by atoms with van der Waals surface area (Å²) in [5, 5.41) is 0. The summed E-state index contributed by atoms with van der Waals surface area (Å²) in [7, 11) is 0. The van der Waals surface area contributed by atoms with Crippen molar-refractivity contribution in [2.45, 2.75) is 124 Å². The van der Waals surface area contributed by atoms with Gasteiger partial charge in [-0.3, -0.25) is 0 Å². The van der Waals surface area contributed by atoms with E-state index in [0.717, 1.165) is 11.8 Å². The van der Waals surface area contributed by atoms with Crippen LogP contribution in [0.2, 0.25) is 0 Å². The molecule has 0 aromatic rings. The third-order valence-corrected chi connectivity index (χ3v) is 5.31. The molecule has 0 nitrogen and oxygen atoms in total. The van der Waals surface area contributed by atoms with Crippen molar-refractivity contribution in [3.63, 3.8) is 0 Å². The first kappa shape index (κ1) is 21.0. The van der Waals surface area contributed by atoms with Crippen LogP contribution in [0.1, 0.15) is 124 Å². The van der Waals surface area contributed by atoms with E-state index in [1.54, 1.807) is 0 Å². The van der Waals surface area contributed by atoms with Crippen LogP contribution in [-0.4, -0.2) is 0 Å². The monoisotopic (exact) mass is 296 g/mol. The number of hydrogen-bond acceptors (Lipinski definition) is 0. The molecule has 0 N–H and O–H groups in total. The lowest BCUT2D eigenvalue weighted by molar-refractivity contribution is 0.288. The Morgan fingerprint density at radius 1 is 0.524 bits per heavy atom. The lowest BCUT2D eigenvalue weighted by Crippen LogP contribution is -2.11. The zero-order valence-electron chi connectivity index (χ0n) is 15.8. The van der Waals surface area contributed by atoms with Gasteiger partial charge in [-0.1, -0.05) is 124 Å². The Bertz CT molecular complexity index is 168. The van der Waals surface area contributed by atoms with Crippen LogP contribution >= 0.6 is 0 Å². The van der Waals surface area contributed by atoms with Crippen LogP contribution < -0.4 is 0 Å². The molecule has 21 heavy (non-hydrogen) atoms. The maximum Gasteiger partial charge on any atom is -0.0389 e. The summed E-state index contributed by atoms with van der Waals surface area (Å²) in [5.74, 6) is 1.95. The zero-order valence-corrected chi connectivity index (χ0v) is 15.8. The summed E-state index contributed by atoms with van der Waals surface area (Å²) < 4.78 is 0. The van der Waals surface area contributed by atoms with Crippen molar-refractivity contribution in [2.24, 2.45) is 11.8 Å². The van der Waals surface area contributed by atoms with Gasteiger partial charge in [-0.15, -0.1) is 0 Å². The summed E-state index contributed by atoms with van der Waals surface area (Å²) in [4.78, 5) is 0. The minimum absolute atomic E-state index is 0.941. The molecule has 1 unspecified atom stereocenters. The lowest BCUT2D eigenvalue weighted by atomic mass is 9.83. The Labute approximate surface area is 136 Å². The second kappa shape index (κ2) is 16.4. The van der Waals surface area contributed by atoms with Crippen molar-refractivity contribution >= 4 is 0 Å². The molecule has 0 saturated heterocycles. The summed E-state index contributed by atoms with van der Waals surface area (Å²) in [5.41, 5.74) is 0. The molecule has 0 saturated carbocycles. The van der Waals surface area contributed by atoms with E-state index < -0.39 is 0 Å². The summed E-state index contributed by atoms with van der Waals surface area (Å²) in [6, 6.07) is 0. The molecule has 0 bridgehead atoms. The van der Waals surface area contributed by atoms with Gasteiger partial charge in [0.1, 0.15) is 0 Å². The fourth-order valence-corrected chi connectivity index (χ4v) is 3.42. The van der Waals surface area contributed by atoms with E-state index >= 15 is 0 Å². The largest absolute Gasteiger partial charge is 0.0654 e. The van der Waals surface area contributed by atoms with Crippen LogP contribution in [0, 0.1) is 11.8 Å². The molecule has 0 amide bonds. The smallest absolute Gasteiger partial charge is 0.0389 e. The second-order valence-electron chi connectivity index (χ2n) is 7.26. The van der Waals surface area contributed by atoms with Gasteiger partial charge in [0.2, 0.25) is 0 Å². The Hall–Kier alpha value is 0. The fraction of sp³-hybridized carbons (Fsp3) is 1.00. The predicted molar refractivity (Wildman–Crippen MR) is 98.9 cm³/mol. The molecule has 0 heteroatoms. The van der Waals surface area contributed by atoms with Gasteiger partial charge in [0.15, 0.2) is 0 Å². The van der Waals surface area contributed by atoms with Crippen molar-refractivity contribution in [3.8, 4) is 0 Å². The van der Waals surface area contributed by atoms with Gasteiger partial charge in [-0.05, 0) is 11.8 Å². The Balaban J connectivity index is 3.67. The van der Waals surface area contributed by atoms with Crippen LogP contribution in [-0.2, 0) is 0 Å². The van der Waals surface area contributed by atoms with Crippen molar-refractivity contribution < 1.29 is 0 Å². The molecular formula is C21H44. The van der Waals surface area contributed by atoms with Crippen molar-refractivity contribution in [1.29, 1.82) is 0 Å². The highest BCUT2D eigenvalue weighted by molar-refractivity contribution is 4.66. The van der Waals surface area contributed by atoms with E-state index in [1.165, 1.54) is 96.3 Å². The number of unbranched alkanes of at least 4 members (excludes halogenated alkanes) is 10. The molecule has 0 heterocycles. The van der Waals surface area contributed by atoms with Gasteiger partial charge < -0.3 is 0 Å². The zero-order chi connectivity index (χ0) is 15.8. The van der Waals surface area contributed by atoms with Crippen molar-refractivity contribution in [1.82, 2.24) is 0 Å². The Kier molecular flexibility index (Phi) is 16.4. The standard InChI is InChI=1S/C21H44/c1-5-8-10-12-14-16-18-21(20(4)7-3)19-17-15-13-11-9-6-2/h20-21H,5-19H2,1-4H3. The molecule has 0 rings (SSSR count). The predicted octanol–water partition coefficient (Wildman–Crippen LogP) is 8.15. The van der Waals surface area contributed by atoms with Crippen LogP contribution in [0.15, 0.2) is 0 Å². The highest BCUT2D eigenvalue weighted by atomic mass is 14.2. The summed E-state index contributed by atoms with van der Waals surface area (Å²) >= 11 is 0. The van der Waals surface area contributed by atoms with Crippen LogP contribution in [0.25, 0.3) is 0 Å². The molecule has 0 fully saturated rings. The molecule has 0 spiro atoms. The average Bonchev–Trinajstić information content (AvgIpc) is 2.51. The van der Waals surface area contributed by atoms with Crippen molar-refractivity contribution in [2.75, 3.05) is 0 Å².